The number of nitriles is 1. The maximum Gasteiger partial charge on any atom is 0.243 e. The number of anilines is 2. The monoisotopic (exact) mass is 279 g/mol. The summed E-state index contributed by atoms with van der Waals surface area (Å²) in [5.41, 5.74) is 3.32. The molecule has 2 aromatic rings. The van der Waals surface area contributed by atoms with Crippen molar-refractivity contribution >= 4 is 17.3 Å². The summed E-state index contributed by atoms with van der Waals surface area (Å²) >= 11 is 0. The van der Waals surface area contributed by atoms with E-state index in [2.05, 4.69) is 17.6 Å². The lowest BCUT2D eigenvalue weighted by atomic mass is 10.1. The van der Waals surface area contributed by atoms with Gasteiger partial charge in [0.25, 0.3) is 0 Å². The Labute approximate surface area is 124 Å². The Kier molecular flexibility index (Phi) is 4.94. The molecule has 106 valence electrons. The summed E-state index contributed by atoms with van der Waals surface area (Å²) in [4.78, 5) is 11.9. The number of hydrogen-bond donors (Lipinski definition) is 2. The summed E-state index contributed by atoms with van der Waals surface area (Å²) in [5.74, 6) is -0.148. The standard InChI is InChI=1S/C17H17N3O/c1-2-13-6-8-15(9-7-13)19-12-17(21)20-16-5-3-4-14(10-16)11-18/h3-10,19H,2,12H2,1H3,(H,20,21). The van der Waals surface area contributed by atoms with Crippen molar-refractivity contribution < 1.29 is 4.79 Å². The summed E-state index contributed by atoms with van der Waals surface area (Å²) in [5, 5.41) is 14.6. The summed E-state index contributed by atoms with van der Waals surface area (Å²) in [6, 6.07) is 16.9. The molecule has 0 aliphatic rings. The molecule has 21 heavy (non-hydrogen) atoms. The van der Waals surface area contributed by atoms with Gasteiger partial charge in [0.2, 0.25) is 5.91 Å². The first-order chi connectivity index (χ1) is 10.2. The van der Waals surface area contributed by atoms with Gasteiger partial charge in [-0.2, -0.15) is 5.26 Å². The molecule has 0 radical (unpaired) electrons. The van der Waals surface area contributed by atoms with Crippen molar-refractivity contribution in [3.8, 4) is 6.07 Å². The SMILES string of the molecule is CCc1ccc(NCC(=O)Nc2cccc(C#N)c2)cc1. The van der Waals surface area contributed by atoms with Crippen LogP contribution in [-0.2, 0) is 11.2 Å². The van der Waals surface area contributed by atoms with Crippen molar-refractivity contribution in [2.24, 2.45) is 0 Å². The van der Waals surface area contributed by atoms with Crippen LogP contribution in [0.25, 0.3) is 0 Å². The first-order valence-electron chi connectivity index (χ1n) is 6.84. The van der Waals surface area contributed by atoms with E-state index in [4.69, 9.17) is 5.26 Å². The Hall–Kier alpha value is -2.80. The lowest BCUT2D eigenvalue weighted by molar-refractivity contribution is -0.114. The van der Waals surface area contributed by atoms with Gasteiger partial charge < -0.3 is 10.6 Å². The molecule has 2 rings (SSSR count). The van der Waals surface area contributed by atoms with E-state index in [0.717, 1.165) is 12.1 Å². The smallest absolute Gasteiger partial charge is 0.243 e. The fourth-order valence-corrected chi connectivity index (χ4v) is 1.91. The lowest BCUT2D eigenvalue weighted by Gasteiger charge is -2.08. The molecule has 0 saturated carbocycles. The molecule has 0 atom stereocenters. The van der Waals surface area contributed by atoms with Gasteiger partial charge in [-0.05, 0) is 42.3 Å². The minimum absolute atomic E-state index is 0.148. The van der Waals surface area contributed by atoms with Gasteiger partial charge in [0.1, 0.15) is 0 Å². The Bertz CT molecular complexity index is 656. The summed E-state index contributed by atoms with van der Waals surface area (Å²) < 4.78 is 0. The molecule has 4 heteroatoms. The van der Waals surface area contributed by atoms with Crippen LogP contribution in [-0.4, -0.2) is 12.5 Å². The molecule has 4 nitrogen and oxygen atoms in total. The third kappa shape index (κ3) is 4.36. The fourth-order valence-electron chi connectivity index (χ4n) is 1.91. The van der Waals surface area contributed by atoms with Gasteiger partial charge in [-0.25, -0.2) is 0 Å². The highest BCUT2D eigenvalue weighted by atomic mass is 16.1. The maximum atomic E-state index is 11.9. The van der Waals surface area contributed by atoms with Crippen LogP contribution in [0.1, 0.15) is 18.1 Å². The molecule has 2 N–H and O–H groups in total. The van der Waals surface area contributed by atoms with Crippen molar-refractivity contribution in [2.75, 3.05) is 17.2 Å². The number of amides is 1. The van der Waals surface area contributed by atoms with Crippen molar-refractivity contribution in [3.63, 3.8) is 0 Å². The zero-order valence-electron chi connectivity index (χ0n) is 11.9. The van der Waals surface area contributed by atoms with Crippen LogP contribution in [0, 0.1) is 11.3 Å². The van der Waals surface area contributed by atoms with E-state index in [0.29, 0.717) is 11.3 Å². The second kappa shape index (κ2) is 7.11. The van der Waals surface area contributed by atoms with Crippen LogP contribution in [0.15, 0.2) is 48.5 Å². The second-order valence-electron chi connectivity index (χ2n) is 4.64. The first kappa shape index (κ1) is 14.6. The Morgan fingerprint density at radius 2 is 1.90 bits per heavy atom. The molecule has 0 aromatic heterocycles. The van der Waals surface area contributed by atoms with E-state index in [1.54, 1.807) is 24.3 Å². The number of rotatable bonds is 5. The maximum absolute atomic E-state index is 11.9. The topological polar surface area (TPSA) is 64.9 Å². The number of hydrogen-bond acceptors (Lipinski definition) is 3. The van der Waals surface area contributed by atoms with E-state index in [1.165, 1.54) is 5.56 Å². The molecule has 0 aliphatic heterocycles. The predicted molar refractivity (Wildman–Crippen MR) is 84.1 cm³/mol. The van der Waals surface area contributed by atoms with Gasteiger partial charge in [0, 0.05) is 11.4 Å². The zero-order chi connectivity index (χ0) is 15.1. The number of nitrogens with one attached hydrogen (secondary N) is 2. The number of carbonyl (C=O) groups is 1. The Balaban J connectivity index is 1.88. The Morgan fingerprint density at radius 1 is 1.14 bits per heavy atom. The van der Waals surface area contributed by atoms with Gasteiger partial charge >= 0.3 is 0 Å². The molecule has 0 unspecified atom stereocenters. The van der Waals surface area contributed by atoms with Crippen molar-refractivity contribution in [2.45, 2.75) is 13.3 Å². The molecule has 0 heterocycles. The van der Waals surface area contributed by atoms with Crippen LogP contribution in [0.2, 0.25) is 0 Å². The number of benzene rings is 2. The quantitative estimate of drug-likeness (QED) is 0.883. The number of nitrogens with zero attached hydrogens (tertiary/aromatic N) is 1. The van der Waals surface area contributed by atoms with Crippen LogP contribution >= 0.6 is 0 Å². The van der Waals surface area contributed by atoms with Gasteiger partial charge in [0.05, 0.1) is 18.2 Å². The van der Waals surface area contributed by atoms with Gasteiger partial charge in [-0.3, -0.25) is 4.79 Å². The molecular weight excluding hydrogens is 262 g/mol. The van der Waals surface area contributed by atoms with Gasteiger partial charge in [0.15, 0.2) is 0 Å². The third-order valence-corrected chi connectivity index (χ3v) is 3.09. The first-order valence-corrected chi connectivity index (χ1v) is 6.84. The third-order valence-electron chi connectivity index (χ3n) is 3.09. The van der Waals surface area contributed by atoms with E-state index in [9.17, 15) is 4.79 Å². The minimum Gasteiger partial charge on any atom is -0.376 e. The highest BCUT2D eigenvalue weighted by Gasteiger charge is 2.03. The second-order valence-corrected chi connectivity index (χ2v) is 4.64. The van der Waals surface area contributed by atoms with Gasteiger partial charge in [-0.1, -0.05) is 25.1 Å². The highest BCUT2D eigenvalue weighted by molar-refractivity contribution is 5.93. The van der Waals surface area contributed by atoms with E-state index < -0.39 is 0 Å². The van der Waals surface area contributed by atoms with E-state index in [1.807, 2.05) is 30.3 Å². The molecule has 0 aliphatic carbocycles. The fraction of sp³-hybridized carbons (Fsp3) is 0.176. The molecule has 0 fully saturated rings. The number of aryl methyl sites for hydroxylation is 1. The van der Waals surface area contributed by atoms with Crippen molar-refractivity contribution in [1.29, 1.82) is 5.26 Å². The minimum atomic E-state index is -0.148. The molecular formula is C17H17N3O. The average molecular weight is 279 g/mol. The molecule has 0 spiro atoms. The molecule has 2 aromatic carbocycles. The van der Waals surface area contributed by atoms with Crippen molar-refractivity contribution in [3.05, 3.63) is 59.7 Å². The zero-order valence-corrected chi connectivity index (χ0v) is 11.9. The van der Waals surface area contributed by atoms with E-state index >= 15 is 0 Å². The number of carbonyl (C=O) groups excluding carboxylic acids is 1. The normalized spacial score (nSPS) is 9.71. The van der Waals surface area contributed by atoms with Crippen LogP contribution in [0.5, 0.6) is 0 Å². The van der Waals surface area contributed by atoms with Crippen LogP contribution < -0.4 is 10.6 Å². The highest BCUT2D eigenvalue weighted by Crippen LogP contribution is 2.11. The van der Waals surface area contributed by atoms with Crippen molar-refractivity contribution in [1.82, 2.24) is 0 Å². The lowest BCUT2D eigenvalue weighted by Crippen LogP contribution is -2.21. The largest absolute Gasteiger partial charge is 0.376 e. The Morgan fingerprint density at radius 3 is 2.57 bits per heavy atom. The van der Waals surface area contributed by atoms with Gasteiger partial charge in [-0.15, -0.1) is 0 Å². The average Bonchev–Trinajstić information content (AvgIpc) is 2.53. The van der Waals surface area contributed by atoms with Crippen LogP contribution in [0.3, 0.4) is 0 Å². The molecule has 0 saturated heterocycles. The molecule has 0 bridgehead atoms. The summed E-state index contributed by atoms with van der Waals surface area (Å²) in [6.45, 7) is 2.29. The molecule has 1 amide bonds. The summed E-state index contributed by atoms with van der Waals surface area (Å²) in [6.07, 6.45) is 0.996. The predicted octanol–water partition coefficient (Wildman–Crippen LogP) is 3.17. The van der Waals surface area contributed by atoms with E-state index in [-0.39, 0.29) is 12.5 Å². The van der Waals surface area contributed by atoms with Crippen LogP contribution in [0.4, 0.5) is 11.4 Å². The summed E-state index contributed by atoms with van der Waals surface area (Å²) in [7, 11) is 0.